The molecule has 9 heteroatoms. The number of ether oxygens (including phenoxy) is 1. The van der Waals surface area contributed by atoms with E-state index in [1.54, 1.807) is 24.3 Å². The summed E-state index contributed by atoms with van der Waals surface area (Å²) in [6, 6.07) is 11.1. The molecule has 7 nitrogen and oxygen atoms in total. The summed E-state index contributed by atoms with van der Waals surface area (Å²) in [6.07, 6.45) is 3.03. The van der Waals surface area contributed by atoms with Crippen molar-refractivity contribution in [3.63, 3.8) is 0 Å². The van der Waals surface area contributed by atoms with Crippen molar-refractivity contribution in [3.05, 3.63) is 48.0 Å². The normalized spacial score (nSPS) is 17.9. The molecule has 29 heavy (non-hydrogen) atoms. The standard InChI is InChI=1S/C20H24N2O5S2/c1-27-17-6-8-18(9-7-17)29(25,26)22-14-4-5-16-15-19(10-11-20(16)22)28(23,24)21-12-2-3-13-21/h6-11,15H,2-5,12-14H2,1H3. The number of sulfonamides is 2. The summed E-state index contributed by atoms with van der Waals surface area (Å²) in [5.41, 5.74) is 1.29. The highest BCUT2D eigenvalue weighted by molar-refractivity contribution is 7.92. The van der Waals surface area contributed by atoms with Crippen molar-refractivity contribution >= 4 is 25.7 Å². The van der Waals surface area contributed by atoms with Gasteiger partial charge in [-0.1, -0.05) is 0 Å². The van der Waals surface area contributed by atoms with Gasteiger partial charge in [-0.15, -0.1) is 0 Å². The van der Waals surface area contributed by atoms with Gasteiger partial charge in [-0.25, -0.2) is 16.8 Å². The highest BCUT2D eigenvalue weighted by atomic mass is 32.2. The summed E-state index contributed by atoms with van der Waals surface area (Å²) in [5, 5.41) is 0. The minimum absolute atomic E-state index is 0.180. The molecule has 2 aliphatic rings. The summed E-state index contributed by atoms with van der Waals surface area (Å²) in [6.45, 7) is 1.44. The lowest BCUT2D eigenvalue weighted by Gasteiger charge is -2.31. The van der Waals surface area contributed by atoms with Crippen molar-refractivity contribution in [2.45, 2.75) is 35.5 Å². The van der Waals surface area contributed by atoms with E-state index in [1.807, 2.05) is 0 Å². The van der Waals surface area contributed by atoms with E-state index in [-0.39, 0.29) is 9.79 Å². The van der Waals surface area contributed by atoms with Gasteiger partial charge in [0, 0.05) is 19.6 Å². The molecule has 0 saturated carbocycles. The Kier molecular flexibility index (Phi) is 5.30. The van der Waals surface area contributed by atoms with Crippen molar-refractivity contribution in [2.75, 3.05) is 31.0 Å². The Hall–Kier alpha value is -2.10. The lowest BCUT2D eigenvalue weighted by molar-refractivity contribution is 0.414. The van der Waals surface area contributed by atoms with Crippen molar-refractivity contribution in [1.29, 1.82) is 0 Å². The van der Waals surface area contributed by atoms with Gasteiger partial charge >= 0.3 is 0 Å². The summed E-state index contributed by atoms with van der Waals surface area (Å²) in [5.74, 6) is 0.583. The first-order valence-corrected chi connectivity index (χ1v) is 12.5. The van der Waals surface area contributed by atoms with Gasteiger partial charge in [0.1, 0.15) is 5.75 Å². The highest BCUT2D eigenvalue weighted by Crippen LogP contribution is 2.34. The van der Waals surface area contributed by atoms with Gasteiger partial charge in [0.05, 0.1) is 22.6 Å². The minimum Gasteiger partial charge on any atom is -0.497 e. The number of methoxy groups -OCH3 is 1. The maximum atomic E-state index is 13.2. The van der Waals surface area contributed by atoms with Gasteiger partial charge in [-0.2, -0.15) is 4.31 Å². The Bertz CT molecular complexity index is 1110. The molecule has 0 atom stereocenters. The summed E-state index contributed by atoms with van der Waals surface area (Å²) in [7, 11) is -5.75. The third kappa shape index (κ3) is 3.62. The number of hydrogen-bond donors (Lipinski definition) is 0. The van der Waals surface area contributed by atoms with Crippen LogP contribution in [0.25, 0.3) is 0 Å². The van der Waals surface area contributed by atoms with E-state index in [0.29, 0.717) is 43.9 Å². The quantitative estimate of drug-likeness (QED) is 0.719. The second-order valence-electron chi connectivity index (χ2n) is 7.26. The van der Waals surface area contributed by atoms with Gasteiger partial charge in [-0.3, -0.25) is 4.31 Å². The van der Waals surface area contributed by atoms with Crippen LogP contribution < -0.4 is 9.04 Å². The minimum atomic E-state index is -3.75. The molecule has 0 unspecified atom stereocenters. The highest BCUT2D eigenvalue weighted by Gasteiger charge is 2.32. The van der Waals surface area contributed by atoms with Crippen LogP contribution >= 0.6 is 0 Å². The van der Waals surface area contributed by atoms with Crippen molar-refractivity contribution in [3.8, 4) is 5.75 Å². The van der Waals surface area contributed by atoms with Gasteiger partial charge in [-0.05, 0) is 73.7 Å². The molecule has 0 aromatic heterocycles. The first kappa shape index (κ1) is 20.2. The van der Waals surface area contributed by atoms with Crippen molar-refractivity contribution in [1.82, 2.24) is 4.31 Å². The van der Waals surface area contributed by atoms with E-state index in [1.165, 1.54) is 33.9 Å². The van der Waals surface area contributed by atoms with E-state index in [9.17, 15) is 16.8 Å². The van der Waals surface area contributed by atoms with Crippen LogP contribution in [0, 0.1) is 0 Å². The lowest BCUT2D eigenvalue weighted by Crippen LogP contribution is -2.35. The molecule has 2 aromatic rings. The fourth-order valence-corrected chi connectivity index (χ4v) is 7.01. The van der Waals surface area contributed by atoms with Crippen LogP contribution in [0.3, 0.4) is 0 Å². The summed E-state index contributed by atoms with van der Waals surface area (Å²) >= 11 is 0. The molecule has 2 heterocycles. The first-order chi connectivity index (χ1) is 13.8. The number of benzene rings is 2. The van der Waals surface area contributed by atoms with E-state index in [4.69, 9.17) is 4.74 Å². The first-order valence-electron chi connectivity index (χ1n) is 9.64. The Balaban J connectivity index is 1.69. The second kappa shape index (κ2) is 7.62. The zero-order valence-electron chi connectivity index (χ0n) is 16.2. The van der Waals surface area contributed by atoms with Crippen LogP contribution in [0.2, 0.25) is 0 Å². The summed E-state index contributed by atoms with van der Waals surface area (Å²) in [4.78, 5) is 0.418. The molecule has 4 rings (SSSR count). The second-order valence-corrected chi connectivity index (χ2v) is 11.1. The number of nitrogens with zero attached hydrogens (tertiary/aromatic N) is 2. The molecule has 0 spiro atoms. The number of fused-ring (bicyclic) bond motifs is 1. The molecule has 0 bridgehead atoms. The number of hydrogen-bond acceptors (Lipinski definition) is 5. The number of anilines is 1. The number of rotatable bonds is 5. The van der Waals surface area contributed by atoms with Crippen molar-refractivity contribution < 1.29 is 21.6 Å². The SMILES string of the molecule is COc1ccc(S(=O)(=O)N2CCCc3cc(S(=O)(=O)N4CCCC4)ccc32)cc1. The molecule has 1 fully saturated rings. The number of aryl methyl sites for hydroxylation is 1. The van der Waals surface area contributed by atoms with E-state index in [0.717, 1.165) is 18.4 Å². The molecule has 2 aliphatic heterocycles. The molecule has 156 valence electrons. The van der Waals surface area contributed by atoms with Gasteiger partial charge < -0.3 is 4.74 Å². The lowest BCUT2D eigenvalue weighted by atomic mass is 10.0. The van der Waals surface area contributed by atoms with Crippen LogP contribution in [0.15, 0.2) is 52.3 Å². The molecular formula is C20H24N2O5S2. The molecule has 0 amide bonds. The van der Waals surface area contributed by atoms with Gasteiger partial charge in [0.25, 0.3) is 10.0 Å². The average molecular weight is 437 g/mol. The average Bonchev–Trinajstić information content (AvgIpc) is 3.28. The largest absolute Gasteiger partial charge is 0.497 e. The monoisotopic (exact) mass is 436 g/mol. The molecule has 0 N–H and O–H groups in total. The fourth-order valence-electron chi connectivity index (χ4n) is 3.90. The zero-order chi connectivity index (χ0) is 20.6. The Morgan fingerprint density at radius 2 is 1.45 bits per heavy atom. The maximum absolute atomic E-state index is 13.2. The fraction of sp³-hybridized carbons (Fsp3) is 0.400. The van der Waals surface area contributed by atoms with Crippen LogP contribution in [-0.2, 0) is 26.5 Å². The van der Waals surface area contributed by atoms with E-state index in [2.05, 4.69) is 0 Å². The van der Waals surface area contributed by atoms with Crippen LogP contribution in [0.4, 0.5) is 5.69 Å². The van der Waals surface area contributed by atoms with Crippen LogP contribution in [-0.4, -0.2) is 47.9 Å². The Labute approximate surface area is 172 Å². The predicted octanol–water partition coefficient (Wildman–Crippen LogP) is 2.62. The topological polar surface area (TPSA) is 84.0 Å². The molecule has 1 saturated heterocycles. The van der Waals surface area contributed by atoms with Crippen molar-refractivity contribution in [2.24, 2.45) is 0 Å². The van der Waals surface area contributed by atoms with Gasteiger partial charge in [0.2, 0.25) is 10.0 Å². The third-order valence-corrected chi connectivity index (χ3v) is 9.20. The predicted molar refractivity (Wildman–Crippen MR) is 110 cm³/mol. The Morgan fingerprint density at radius 1 is 0.793 bits per heavy atom. The third-order valence-electron chi connectivity index (χ3n) is 5.48. The molecular weight excluding hydrogens is 412 g/mol. The van der Waals surface area contributed by atoms with Crippen LogP contribution in [0.5, 0.6) is 5.75 Å². The molecule has 0 radical (unpaired) electrons. The van der Waals surface area contributed by atoms with Crippen LogP contribution in [0.1, 0.15) is 24.8 Å². The summed E-state index contributed by atoms with van der Waals surface area (Å²) < 4.78 is 60.1. The van der Waals surface area contributed by atoms with E-state index < -0.39 is 20.0 Å². The smallest absolute Gasteiger partial charge is 0.264 e. The van der Waals surface area contributed by atoms with E-state index >= 15 is 0 Å². The van der Waals surface area contributed by atoms with Gasteiger partial charge in [0.15, 0.2) is 0 Å². The zero-order valence-corrected chi connectivity index (χ0v) is 17.9. The molecule has 2 aromatic carbocycles. The maximum Gasteiger partial charge on any atom is 0.264 e. The molecule has 0 aliphatic carbocycles. The Morgan fingerprint density at radius 3 is 2.10 bits per heavy atom.